The highest BCUT2D eigenvalue weighted by atomic mass is 19.1. The van der Waals surface area contributed by atoms with Crippen molar-refractivity contribution in [3.8, 4) is 6.07 Å². The SMILES string of the molecule is N#Cc1ccc(C2NC(N3CCC(N)CC3)CC(=O)N2c2ccc(C3CC3)c(F)c2)cc1F. The van der Waals surface area contributed by atoms with Crippen molar-refractivity contribution < 1.29 is 13.6 Å². The Balaban J connectivity index is 1.49. The van der Waals surface area contributed by atoms with Crippen LogP contribution in [0.2, 0.25) is 0 Å². The highest BCUT2D eigenvalue weighted by Crippen LogP contribution is 2.42. The number of piperidine rings is 1. The fourth-order valence-corrected chi connectivity index (χ4v) is 4.91. The van der Waals surface area contributed by atoms with E-state index < -0.39 is 12.0 Å². The molecule has 2 aromatic carbocycles. The molecule has 5 rings (SSSR count). The van der Waals surface area contributed by atoms with Crippen molar-refractivity contribution in [2.75, 3.05) is 18.0 Å². The molecule has 3 fully saturated rings. The molecular weight excluding hydrogens is 424 g/mol. The van der Waals surface area contributed by atoms with E-state index >= 15 is 0 Å². The summed E-state index contributed by atoms with van der Waals surface area (Å²) in [6, 6.07) is 11.2. The summed E-state index contributed by atoms with van der Waals surface area (Å²) in [6.07, 6.45) is 2.95. The van der Waals surface area contributed by atoms with Gasteiger partial charge in [0.25, 0.3) is 0 Å². The summed E-state index contributed by atoms with van der Waals surface area (Å²) in [5.41, 5.74) is 7.60. The molecule has 0 spiro atoms. The highest BCUT2D eigenvalue weighted by molar-refractivity contribution is 5.95. The van der Waals surface area contributed by atoms with Gasteiger partial charge in [-0.2, -0.15) is 5.26 Å². The topological polar surface area (TPSA) is 85.4 Å². The van der Waals surface area contributed by atoms with Gasteiger partial charge in [-0.15, -0.1) is 0 Å². The maximum absolute atomic E-state index is 14.8. The van der Waals surface area contributed by atoms with Gasteiger partial charge < -0.3 is 5.73 Å². The molecule has 0 bridgehead atoms. The lowest BCUT2D eigenvalue weighted by Gasteiger charge is -2.45. The Kier molecular flexibility index (Phi) is 5.87. The van der Waals surface area contributed by atoms with Crippen LogP contribution in [0, 0.1) is 23.0 Å². The Labute approximate surface area is 192 Å². The zero-order chi connectivity index (χ0) is 23.1. The van der Waals surface area contributed by atoms with Crippen LogP contribution in [-0.2, 0) is 4.79 Å². The Morgan fingerprint density at radius 3 is 2.42 bits per heavy atom. The third-order valence-electron chi connectivity index (χ3n) is 6.97. The minimum Gasteiger partial charge on any atom is -0.328 e. The summed E-state index contributed by atoms with van der Waals surface area (Å²) in [7, 11) is 0. The second kappa shape index (κ2) is 8.82. The van der Waals surface area contributed by atoms with Crippen molar-refractivity contribution in [1.82, 2.24) is 10.2 Å². The number of nitriles is 1. The molecule has 8 heteroatoms. The fraction of sp³-hybridized carbons (Fsp3) is 0.440. The molecule has 2 atom stereocenters. The van der Waals surface area contributed by atoms with E-state index in [0.29, 0.717) is 16.8 Å². The van der Waals surface area contributed by atoms with E-state index in [1.807, 2.05) is 6.07 Å². The van der Waals surface area contributed by atoms with Crippen molar-refractivity contribution in [1.29, 1.82) is 5.26 Å². The van der Waals surface area contributed by atoms with E-state index in [1.54, 1.807) is 18.2 Å². The zero-order valence-electron chi connectivity index (χ0n) is 18.3. The second-order valence-electron chi connectivity index (χ2n) is 9.26. The van der Waals surface area contributed by atoms with Gasteiger partial charge in [-0.05, 0) is 67.0 Å². The van der Waals surface area contributed by atoms with Crippen LogP contribution in [0.15, 0.2) is 36.4 Å². The molecule has 3 aliphatic rings. The van der Waals surface area contributed by atoms with Crippen molar-refractivity contribution in [2.24, 2.45) is 5.73 Å². The number of anilines is 1. The Morgan fingerprint density at radius 2 is 1.79 bits per heavy atom. The minimum absolute atomic E-state index is 0.0613. The molecule has 2 aliphatic heterocycles. The molecular formula is C25H27F2N5O. The van der Waals surface area contributed by atoms with Crippen LogP contribution in [0.1, 0.15) is 60.9 Å². The van der Waals surface area contributed by atoms with Gasteiger partial charge in [0.05, 0.1) is 18.2 Å². The maximum atomic E-state index is 14.8. The Hall–Kier alpha value is -2.86. The van der Waals surface area contributed by atoms with Gasteiger partial charge in [-0.25, -0.2) is 8.78 Å². The van der Waals surface area contributed by atoms with Crippen LogP contribution in [0.3, 0.4) is 0 Å². The van der Waals surface area contributed by atoms with E-state index in [4.69, 9.17) is 11.0 Å². The summed E-state index contributed by atoms with van der Waals surface area (Å²) in [5, 5.41) is 12.6. The number of halogens is 2. The van der Waals surface area contributed by atoms with Gasteiger partial charge in [-0.1, -0.05) is 12.1 Å². The summed E-state index contributed by atoms with van der Waals surface area (Å²) in [5.74, 6) is -0.875. The van der Waals surface area contributed by atoms with Crippen LogP contribution in [-0.4, -0.2) is 36.1 Å². The van der Waals surface area contributed by atoms with E-state index in [0.717, 1.165) is 38.8 Å². The summed E-state index contributed by atoms with van der Waals surface area (Å²) in [4.78, 5) is 17.1. The Morgan fingerprint density at radius 1 is 1.03 bits per heavy atom. The molecule has 6 nitrogen and oxygen atoms in total. The normalized spacial score (nSPS) is 24.7. The quantitative estimate of drug-likeness (QED) is 0.743. The second-order valence-corrected chi connectivity index (χ2v) is 9.26. The first-order valence-electron chi connectivity index (χ1n) is 11.5. The smallest absolute Gasteiger partial charge is 0.231 e. The van der Waals surface area contributed by atoms with Gasteiger partial charge in [0.1, 0.15) is 23.9 Å². The van der Waals surface area contributed by atoms with Gasteiger partial charge in [0.2, 0.25) is 5.91 Å². The number of benzene rings is 2. The number of nitrogens with two attached hydrogens (primary N) is 1. The van der Waals surface area contributed by atoms with Gasteiger partial charge in [0.15, 0.2) is 0 Å². The maximum Gasteiger partial charge on any atom is 0.231 e. The average molecular weight is 452 g/mol. The first kappa shape index (κ1) is 22.0. The highest BCUT2D eigenvalue weighted by Gasteiger charge is 2.39. The van der Waals surface area contributed by atoms with Crippen molar-refractivity contribution in [3.05, 3.63) is 64.7 Å². The first-order valence-corrected chi connectivity index (χ1v) is 11.5. The molecule has 2 unspecified atom stereocenters. The molecule has 172 valence electrons. The number of likely N-dealkylation sites (tertiary alicyclic amines) is 1. The van der Waals surface area contributed by atoms with Crippen LogP contribution < -0.4 is 16.0 Å². The summed E-state index contributed by atoms with van der Waals surface area (Å²) >= 11 is 0. The predicted octanol–water partition coefficient (Wildman–Crippen LogP) is 3.49. The molecule has 1 amide bonds. The third kappa shape index (κ3) is 4.36. The number of carbonyl (C=O) groups is 1. The standard InChI is InChI=1S/C25H27F2N5O/c26-21-11-16(3-4-17(21)14-28)25-30-23(31-9-7-18(29)8-10-31)13-24(33)32(25)19-5-6-20(15-1-2-15)22(27)12-19/h3-6,11-12,15,18,23,25,30H,1-2,7-10,13,29H2. The largest absolute Gasteiger partial charge is 0.328 e. The average Bonchev–Trinajstić information content (AvgIpc) is 3.64. The van der Waals surface area contributed by atoms with Gasteiger partial charge in [-0.3, -0.25) is 19.9 Å². The number of hydrogen-bond acceptors (Lipinski definition) is 5. The lowest BCUT2D eigenvalue weighted by Crippen LogP contribution is -2.60. The lowest BCUT2D eigenvalue weighted by molar-refractivity contribution is -0.123. The number of amides is 1. The lowest BCUT2D eigenvalue weighted by atomic mass is 10.0. The fourth-order valence-electron chi connectivity index (χ4n) is 4.91. The van der Waals surface area contributed by atoms with Crippen molar-refractivity contribution in [2.45, 2.75) is 56.4 Å². The van der Waals surface area contributed by atoms with Crippen molar-refractivity contribution in [3.63, 3.8) is 0 Å². The number of nitrogens with zero attached hydrogens (tertiary/aromatic N) is 3. The third-order valence-corrected chi connectivity index (χ3v) is 6.97. The molecule has 1 saturated carbocycles. The predicted molar refractivity (Wildman–Crippen MR) is 120 cm³/mol. The van der Waals surface area contributed by atoms with Crippen LogP contribution in [0.5, 0.6) is 0 Å². The van der Waals surface area contributed by atoms with E-state index in [1.165, 1.54) is 23.1 Å². The van der Waals surface area contributed by atoms with Crippen LogP contribution in [0.25, 0.3) is 0 Å². The Bertz CT molecular complexity index is 1100. The number of carbonyl (C=O) groups excluding carboxylic acids is 1. The summed E-state index contributed by atoms with van der Waals surface area (Å²) < 4.78 is 29.3. The molecule has 33 heavy (non-hydrogen) atoms. The van der Waals surface area contributed by atoms with Crippen molar-refractivity contribution >= 4 is 11.6 Å². The van der Waals surface area contributed by atoms with Gasteiger partial charge >= 0.3 is 0 Å². The molecule has 1 aliphatic carbocycles. The number of nitrogens with one attached hydrogen (secondary N) is 1. The first-order chi connectivity index (χ1) is 15.9. The molecule has 0 aromatic heterocycles. The van der Waals surface area contributed by atoms with E-state index in [9.17, 15) is 13.6 Å². The molecule has 2 heterocycles. The zero-order valence-corrected chi connectivity index (χ0v) is 18.3. The number of rotatable bonds is 4. The minimum atomic E-state index is -0.694. The monoisotopic (exact) mass is 451 g/mol. The number of hydrogen-bond donors (Lipinski definition) is 2. The molecule has 2 saturated heterocycles. The van der Waals surface area contributed by atoms with Crippen LogP contribution in [0.4, 0.5) is 14.5 Å². The molecule has 3 N–H and O–H groups in total. The summed E-state index contributed by atoms with van der Waals surface area (Å²) in [6.45, 7) is 1.54. The van der Waals surface area contributed by atoms with E-state index in [-0.39, 0.29) is 41.8 Å². The molecule has 0 radical (unpaired) electrons. The van der Waals surface area contributed by atoms with Crippen LogP contribution >= 0.6 is 0 Å². The van der Waals surface area contributed by atoms with E-state index in [2.05, 4.69) is 10.2 Å². The molecule has 2 aromatic rings. The van der Waals surface area contributed by atoms with Gasteiger partial charge in [0, 0.05) is 24.8 Å².